The highest BCUT2D eigenvalue weighted by Crippen LogP contribution is 2.33. The van der Waals surface area contributed by atoms with E-state index in [0.29, 0.717) is 12.0 Å². The van der Waals surface area contributed by atoms with Gasteiger partial charge >= 0.3 is 0 Å². The molecule has 2 N–H and O–H groups in total. The number of nitrogens with two attached hydrogens (primary N) is 1. The molecule has 4 unspecified atom stereocenters. The van der Waals surface area contributed by atoms with Crippen molar-refractivity contribution >= 4 is 0 Å². The van der Waals surface area contributed by atoms with Crippen molar-refractivity contribution in [2.75, 3.05) is 33.4 Å². The zero-order valence-electron chi connectivity index (χ0n) is 12.0. The van der Waals surface area contributed by atoms with E-state index in [0.717, 1.165) is 38.1 Å². The van der Waals surface area contributed by atoms with Gasteiger partial charge in [-0.2, -0.15) is 0 Å². The minimum atomic E-state index is 0.380. The van der Waals surface area contributed by atoms with Crippen LogP contribution in [0.2, 0.25) is 0 Å². The van der Waals surface area contributed by atoms with Crippen LogP contribution in [0.1, 0.15) is 33.6 Å². The smallest absolute Gasteiger partial charge is 0.0589 e. The molecule has 1 aliphatic rings. The average molecular weight is 242 g/mol. The number of nitrogens with zero attached hydrogens (tertiary/aromatic N) is 1. The summed E-state index contributed by atoms with van der Waals surface area (Å²) in [5.74, 6) is 2.21. The summed E-state index contributed by atoms with van der Waals surface area (Å²) in [5, 5.41) is 0. The predicted molar refractivity (Wildman–Crippen MR) is 73.0 cm³/mol. The molecule has 1 aliphatic carbocycles. The van der Waals surface area contributed by atoms with Crippen molar-refractivity contribution in [3.05, 3.63) is 0 Å². The van der Waals surface area contributed by atoms with E-state index >= 15 is 0 Å². The lowest BCUT2D eigenvalue weighted by Crippen LogP contribution is -2.47. The average Bonchev–Trinajstić information content (AvgIpc) is 2.27. The van der Waals surface area contributed by atoms with Gasteiger partial charge < -0.3 is 15.4 Å². The Morgan fingerprint density at radius 3 is 2.53 bits per heavy atom. The SMILES string of the molecule is CCN(CCOC)CC1C(C)CC(C)CC1N. The van der Waals surface area contributed by atoms with Crippen LogP contribution in [0.5, 0.6) is 0 Å². The molecule has 0 aromatic rings. The van der Waals surface area contributed by atoms with Crippen LogP contribution in [0.25, 0.3) is 0 Å². The van der Waals surface area contributed by atoms with Crippen molar-refractivity contribution in [2.24, 2.45) is 23.5 Å². The number of hydrogen-bond donors (Lipinski definition) is 1. The molecule has 1 rings (SSSR count). The van der Waals surface area contributed by atoms with Gasteiger partial charge in [-0.25, -0.2) is 0 Å². The van der Waals surface area contributed by atoms with Crippen LogP contribution in [0.3, 0.4) is 0 Å². The second-order valence-corrected chi connectivity index (χ2v) is 5.77. The summed E-state index contributed by atoms with van der Waals surface area (Å²) in [5.41, 5.74) is 6.33. The van der Waals surface area contributed by atoms with E-state index in [1.54, 1.807) is 7.11 Å². The van der Waals surface area contributed by atoms with E-state index in [1.807, 2.05) is 0 Å². The van der Waals surface area contributed by atoms with Crippen LogP contribution < -0.4 is 5.73 Å². The molecule has 0 heterocycles. The lowest BCUT2D eigenvalue weighted by Gasteiger charge is -2.40. The summed E-state index contributed by atoms with van der Waals surface area (Å²) in [4.78, 5) is 2.47. The molecule has 0 aliphatic heterocycles. The molecule has 17 heavy (non-hydrogen) atoms. The molecule has 1 fully saturated rings. The first kappa shape index (κ1) is 14.9. The number of likely N-dealkylation sites (N-methyl/N-ethyl adjacent to an activating group) is 1. The molecular formula is C14H30N2O. The maximum atomic E-state index is 6.33. The van der Waals surface area contributed by atoms with Crippen molar-refractivity contribution in [2.45, 2.75) is 39.7 Å². The summed E-state index contributed by atoms with van der Waals surface area (Å²) in [6.07, 6.45) is 2.52. The Hall–Kier alpha value is -0.120. The second-order valence-electron chi connectivity index (χ2n) is 5.77. The molecule has 0 amide bonds. The molecule has 3 nitrogen and oxygen atoms in total. The zero-order chi connectivity index (χ0) is 12.8. The van der Waals surface area contributed by atoms with E-state index in [2.05, 4.69) is 25.7 Å². The Morgan fingerprint density at radius 2 is 2.00 bits per heavy atom. The molecule has 0 aromatic carbocycles. The Labute approximate surface area is 107 Å². The van der Waals surface area contributed by atoms with Gasteiger partial charge in [0, 0.05) is 26.2 Å². The number of methoxy groups -OCH3 is 1. The predicted octanol–water partition coefficient (Wildman–Crippen LogP) is 1.96. The van der Waals surface area contributed by atoms with Crippen LogP contribution in [-0.4, -0.2) is 44.3 Å². The minimum absolute atomic E-state index is 0.380. The number of rotatable bonds is 6. The monoisotopic (exact) mass is 242 g/mol. The summed E-state index contributed by atoms with van der Waals surface area (Å²) in [6, 6.07) is 0.380. The first-order chi connectivity index (χ1) is 8.08. The Kier molecular flexibility index (Phi) is 6.45. The Bertz CT molecular complexity index is 198. The lowest BCUT2D eigenvalue weighted by molar-refractivity contribution is 0.0964. The van der Waals surface area contributed by atoms with Gasteiger partial charge in [-0.05, 0) is 37.1 Å². The lowest BCUT2D eigenvalue weighted by atomic mass is 9.72. The first-order valence-electron chi connectivity index (χ1n) is 7.05. The molecule has 0 bridgehead atoms. The second kappa shape index (κ2) is 7.34. The minimum Gasteiger partial charge on any atom is -0.383 e. The van der Waals surface area contributed by atoms with E-state index in [4.69, 9.17) is 10.5 Å². The highest BCUT2D eigenvalue weighted by molar-refractivity contribution is 4.87. The van der Waals surface area contributed by atoms with Crippen LogP contribution >= 0.6 is 0 Å². The first-order valence-corrected chi connectivity index (χ1v) is 7.05. The standard InChI is InChI=1S/C14H30N2O/c1-5-16(6-7-17-4)10-13-12(3)8-11(2)9-14(13)15/h11-14H,5-10,15H2,1-4H3. The summed E-state index contributed by atoms with van der Waals surface area (Å²) in [6.45, 7) is 11.0. The third kappa shape index (κ3) is 4.57. The molecule has 0 spiro atoms. The van der Waals surface area contributed by atoms with Gasteiger partial charge in [-0.15, -0.1) is 0 Å². The third-order valence-electron chi connectivity index (χ3n) is 4.26. The quantitative estimate of drug-likeness (QED) is 0.774. The van der Waals surface area contributed by atoms with Gasteiger partial charge in [0.05, 0.1) is 6.61 Å². The van der Waals surface area contributed by atoms with Gasteiger partial charge in [0.2, 0.25) is 0 Å². The van der Waals surface area contributed by atoms with E-state index < -0.39 is 0 Å². The van der Waals surface area contributed by atoms with Gasteiger partial charge in [0.1, 0.15) is 0 Å². The molecule has 102 valence electrons. The largest absolute Gasteiger partial charge is 0.383 e. The molecule has 0 saturated heterocycles. The molecule has 0 aromatic heterocycles. The van der Waals surface area contributed by atoms with Crippen molar-refractivity contribution in [3.8, 4) is 0 Å². The normalized spacial score (nSPS) is 34.2. The van der Waals surface area contributed by atoms with Crippen molar-refractivity contribution < 1.29 is 4.74 Å². The molecule has 3 heteroatoms. The van der Waals surface area contributed by atoms with E-state index in [1.165, 1.54) is 12.8 Å². The number of hydrogen-bond acceptors (Lipinski definition) is 3. The summed E-state index contributed by atoms with van der Waals surface area (Å²) < 4.78 is 5.16. The van der Waals surface area contributed by atoms with Gasteiger partial charge in [-0.1, -0.05) is 20.8 Å². The summed E-state index contributed by atoms with van der Waals surface area (Å²) in [7, 11) is 1.77. The molecular weight excluding hydrogens is 212 g/mol. The fourth-order valence-corrected chi connectivity index (χ4v) is 3.18. The Morgan fingerprint density at radius 1 is 1.29 bits per heavy atom. The third-order valence-corrected chi connectivity index (χ3v) is 4.26. The van der Waals surface area contributed by atoms with Gasteiger partial charge in [-0.3, -0.25) is 0 Å². The highest BCUT2D eigenvalue weighted by Gasteiger charge is 2.32. The van der Waals surface area contributed by atoms with E-state index in [9.17, 15) is 0 Å². The topological polar surface area (TPSA) is 38.5 Å². The van der Waals surface area contributed by atoms with Crippen molar-refractivity contribution in [1.29, 1.82) is 0 Å². The fourth-order valence-electron chi connectivity index (χ4n) is 3.18. The van der Waals surface area contributed by atoms with Crippen LogP contribution in [0.15, 0.2) is 0 Å². The van der Waals surface area contributed by atoms with Crippen LogP contribution in [0, 0.1) is 17.8 Å². The fraction of sp³-hybridized carbons (Fsp3) is 1.00. The van der Waals surface area contributed by atoms with Gasteiger partial charge in [0.25, 0.3) is 0 Å². The van der Waals surface area contributed by atoms with Gasteiger partial charge in [0.15, 0.2) is 0 Å². The number of ether oxygens (including phenoxy) is 1. The molecule has 1 saturated carbocycles. The summed E-state index contributed by atoms with van der Waals surface area (Å²) >= 11 is 0. The molecule has 4 atom stereocenters. The van der Waals surface area contributed by atoms with Crippen LogP contribution in [-0.2, 0) is 4.74 Å². The Balaban J connectivity index is 2.46. The van der Waals surface area contributed by atoms with E-state index in [-0.39, 0.29) is 0 Å². The highest BCUT2D eigenvalue weighted by atomic mass is 16.5. The zero-order valence-corrected chi connectivity index (χ0v) is 12.0. The maximum absolute atomic E-state index is 6.33. The maximum Gasteiger partial charge on any atom is 0.0589 e. The van der Waals surface area contributed by atoms with Crippen LogP contribution in [0.4, 0.5) is 0 Å². The van der Waals surface area contributed by atoms with Crippen molar-refractivity contribution in [1.82, 2.24) is 4.90 Å². The molecule has 0 radical (unpaired) electrons. The van der Waals surface area contributed by atoms with Crippen molar-refractivity contribution in [3.63, 3.8) is 0 Å².